The zero-order valence-corrected chi connectivity index (χ0v) is 14.4. The zero-order chi connectivity index (χ0) is 17.1. The summed E-state index contributed by atoms with van der Waals surface area (Å²) in [6, 6.07) is 13.0. The van der Waals surface area contributed by atoms with Gasteiger partial charge in [-0.05, 0) is 60.9 Å². The molecular weight excluding hydrogens is 312 g/mol. The zero-order valence-electron chi connectivity index (χ0n) is 14.4. The van der Waals surface area contributed by atoms with Gasteiger partial charge < -0.3 is 10.1 Å². The summed E-state index contributed by atoms with van der Waals surface area (Å²) in [7, 11) is 0. The highest BCUT2D eigenvalue weighted by Gasteiger charge is 2.41. The first-order valence-corrected chi connectivity index (χ1v) is 9.13. The van der Waals surface area contributed by atoms with Gasteiger partial charge in [-0.25, -0.2) is 0 Å². The van der Waals surface area contributed by atoms with E-state index in [0.717, 1.165) is 37.7 Å². The standard InChI is InChI=1S/C21H24N2O2/c24-20(23-19-5-6-19)21(9-13-25-14-10-21)15-16-1-3-17(4-2-16)18-7-11-22-12-8-18/h1-4,7-8,11-12,19H,5-6,9-10,13-15H2,(H,23,24). The van der Waals surface area contributed by atoms with Crippen LogP contribution in [0, 0.1) is 5.41 Å². The third kappa shape index (κ3) is 3.74. The Bertz CT molecular complexity index is 717. The van der Waals surface area contributed by atoms with E-state index in [-0.39, 0.29) is 11.3 Å². The number of hydrogen-bond donors (Lipinski definition) is 1. The number of carbonyl (C=O) groups is 1. The summed E-state index contributed by atoms with van der Waals surface area (Å²) in [5.41, 5.74) is 3.23. The maximum Gasteiger partial charge on any atom is 0.226 e. The molecule has 2 aromatic rings. The molecule has 1 aliphatic carbocycles. The van der Waals surface area contributed by atoms with Gasteiger partial charge in [0.2, 0.25) is 5.91 Å². The molecular formula is C21H24N2O2. The van der Waals surface area contributed by atoms with Gasteiger partial charge in [0.05, 0.1) is 5.41 Å². The van der Waals surface area contributed by atoms with Gasteiger partial charge in [-0.3, -0.25) is 9.78 Å². The molecule has 2 heterocycles. The molecule has 2 aliphatic rings. The molecule has 0 radical (unpaired) electrons. The summed E-state index contributed by atoms with van der Waals surface area (Å²) in [5, 5.41) is 3.22. The van der Waals surface area contributed by atoms with Gasteiger partial charge in [0.15, 0.2) is 0 Å². The van der Waals surface area contributed by atoms with E-state index >= 15 is 0 Å². The molecule has 0 unspecified atom stereocenters. The van der Waals surface area contributed by atoms with Crippen LogP contribution in [0.4, 0.5) is 0 Å². The number of ether oxygens (including phenoxy) is 1. The summed E-state index contributed by atoms with van der Waals surface area (Å²) in [6.07, 6.45) is 8.25. The van der Waals surface area contributed by atoms with Gasteiger partial charge in [0.25, 0.3) is 0 Å². The van der Waals surface area contributed by atoms with Crippen molar-refractivity contribution in [3.63, 3.8) is 0 Å². The largest absolute Gasteiger partial charge is 0.381 e. The number of rotatable bonds is 5. The van der Waals surface area contributed by atoms with Crippen LogP contribution in [0.1, 0.15) is 31.2 Å². The lowest BCUT2D eigenvalue weighted by Gasteiger charge is -2.36. The number of benzene rings is 1. The van der Waals surface area contributed by atoms with Crippen molar-refractivity contribution in [1.29, 1.82) is 0 Å². The molecule has 0 spiro atoms. The fourth-order valence-corrected chi connectivity index (χ4v) is 3.56. The monoisotopic (exact) mass is 336 g/mol. The maximum atomic E-state index is 12.9. The molecule has 130 valence electrons. The predicted octanol–water partition coefficient (Wildman–Crippen LogP) is 3.37. The van der Waals surface area contributed by atoms with Crippen molar-refractivity contribution in [2.24, 2.45) is 5.41 Å². The van der Waals surface area contributed by atoms with E-state index in [0.29, 0.717) is 19.3 Å². The molecule has 1 saturated heterocycles. The van der Waals surface area contributed by atoms with Crippen LogP contribution in [0.25, 0.3) is 11.1 Å². The van der Waals surface area contributed by atoms with Crippen molar-refractivity contribution >= 4 is 5.91 Å². The molecule has 1 aliphatic heterocycles. The molecule has 0 atom stereocenters. The first-order valence-electron chi connectivity index (χ1n) is 9.13. The van der Waals surface area contributed by atoms with Crippen LogP contribution in [-0.2, 0) is 16.0 Å². The third-order valence-corrected chi connectivity index (χ3v) is 5.35. The number of carbonyl (C=O) groups excluding carboxylic acids is 1. The fourth-order valence-electron chi connectivity index (χ4n) is 3.56. The minimum atomic E-state index is -0.320. The molecule has 1 saturated carbocycles. The average Bonchev–Trinajstić information content (AvgIpc) is 3.48. The summed E-state index contributed by atoms with van der Waals surface area (Å²) >= 11 is 0. The smallest absolute Gasteiger partial charge is 0.226 e. The van der Waals surface area contributed by atoms with Gasteiger partial charge in [-0.1, -0.05) is 24.3 Å². The molecule has 1 amide bonds. The van der Waals surface area contributed by atoms with Crippen molar-refractivity contribution < 1.29 is 9.53 Å². The third-order valence-electron chi connectivity index (χ3n) is 5.35. The summed E-state index contributed by atoms with van der Waals surface area (Å²) in [5.74, 6) is 0.219. The Hall–Kier alpha value is -2.20. The highest BCUT2D eigenvalue weighted by molar-refractivity contribution is 5.83. The van der Waals surface area contributed by atoms with Gasteiger partial charge >= 0.3 is 0 Å². The number of nitrogens with one attached hydrogen (secondary N) is 1. The fraction of sp³-hybridized carbons (Fsp3) is 0.429. The SMILES string of the molecule is O=C(NC1CC1)C1(Cc2ccc(-c3ccncc3)cc2)CCOCC1. The van der Waals surface area contributed by atoms with Gasteiger partial charge in [-0.2, -0.15) is 0 Å². The Morgan fingerprint density at radius 2 is 1.68 bits per heavy atom. The second-order valence-corrected chi connectivity index (χ2v) is 7.25. The van der Waals surface area contributed by atoms with Crippen LogP contribution in [0.5, 0.6) is 0 Å². The Kier molecular flexibility index (Phi) is 4.53. The van der Waals surface area contributed by atoms with Crippen molar-refractivity contribution in [2.75, 3.05) is 13.2 Å². The number of aromatic nitrogens is 1. The Balaban J connectivity index is 1.52. The van der Waals surface area contributed by atoms with E-state index in [9.17, 15) is 4.79 Å². The van der Waals surface area contributed by atoms with Crippen LogP contribution in [0.3, 0.4) is 0 Å². The summed E-state index contributed by atoms with van der Waals surface area (Å²) in [4.78, 5) is 17.0. The van der Waals surface area contributed by atoms with Crippen LogP contribution < -0.4 is 5.32 Å². The van der Waals surface area contributed by atoms with Crippen LogP contribution in [-0.4, -0.2) is 30.1 Å². The number of amides is 1. The van der Waals surface area contributed by atoms with Gasteiger partial charge in [0.1, 0.15) is 0 Å². The van der Waals surface area contributed by atoms with E-state index in [2.05, 4.69) is 34.6 Å². The van der Waals surface area contributed by atoms with Crippen LogP contribution >= 0.6 is 0 Å². The second kappa shape index (κ2) is 6.96. The highest BCUT2D eigenvalue weighted by atomic mass is 16.5. The van der Waals surface area contributed by atoms with Crippen LogP contribution in [0.2, 0.25) is 0 Å². The maximum absolute atomic E-state index is 12.9. The van der Waals surface area contributed by atoms with E-state index in [1.807, 2.05) is 24.5 Å². The van der Waals surface area contributed by atoms with Crippen molar-refractivity contribution in [2.45, 2.75) is 38.1 Å². The molecule has 1 aromatic carbocycles. The molecule has 1 aromatic heterocycles. The van der Waals surface area contributed by atoms with E-state index in [1.165, 1.54) is 11.1 Å². The van der Waals surface area contributed by atoms with E-state index < -0.39 is 0 Å². The molecule has 4 heteroatoms. The highest BCUT2D eigenvalue weighted by Crippen LogP contribution is 2.36. The van der Waals surface area contributed by atoms with Gasteiger partial charge in [0, 0.05) is 31.6 Å². The molecule has 4 rings (SSSR count). The average molecular weight is 336 g/mol. The summed E-state index contributed by atoms with van der Waals surface area (Å²) < 4.78 is 5.52. The van der Waals surface area contributed by atoms with E-state index in [4.69, 9.17) is 4.74 Å². The van der Waals surface area contributed by atoms with Crippen molar-refractivity contribution in [3.8, 4) is 11.1 Å². The Morgan fingerprint density at radius 3 is 2.32 bits per heavy atom. The quantitative estimate of drug-likeness (QED) is 0.911. The van der Waals surface area contributed by atoms with Crippen molar-refractivity contribution in [3.05, 3.63) is 54.4 Å². The molecule has 25 heavy (non-hydrogen) atoms. The normalized spacial score (nSPS) is 19.4. The minimum Gasteiger partial charge on any atom is -0.381 e. The van der Waals surface area contributed by atoms with Crippen molar-refractivity contribution in [1.82, 2.24) is 10.3 Å². The lowest BCUT2D eigenvalue weighted by atomic mass is 9.74. The lowest BCUT2D eigenvalue weighted by molar-refractivity contribution is -0.136. The minimum absolute atomic E-state index is 0.219. The number of hydrogen-bond acceptors (Lipinski definition) is 3. The van der Waals surface area contributed by atoms with Gasteiger partial charge in [-0.15, -0.1) is 0 Å². The molecule has 1 N–H and O–H groups in total. The predicted molar refractivity (Wildman–Crippen MR) is 97.0 cm³/mol. The van der Waals surface area contributed by atoms with Crippen LogP contribution in [0.15, 0.2) is 48.8 Å². The number of pyridine rings is 1. The first-order chi connectivity index (χ1) is 12.3. The molecule has 4 nitrogen and oxygen atoms in total. The molecule has 0 bridgehead atoms. The number of nitrogens with zero attached hydrogens (tertiary/aromatic N) is 1. The molecule has 2 fully saturated rings. The lowest BCUT2D eigenvalue weighted by Crippen LogP contribution is -2.46. The topological polar surface area (TPSA) is 51.2 Å². The first kappa shape index (κ1) is 16.3. The summed E-state index contributed by atoms with van der Waals surface area (Å²) in [6.45, 7) is 1.35. The Labute approximate surface area is 148 Å². The Morgan fingerprint density at radius 1 is 1.04 bits per heavy atom. The van der Waals surface area contributed by atoms with E-state index in [1.54, 1.807) is 0 Å². The second-order valence-electron chi connectivity index (χ2n) is 7.25.